The van der Waals surface area contributed by atoms with Gasteiger partial charge in [-0.1, -0.05) is 6.07 Å². The molecule has 3 rings (SSSR count). The van der Waals surface area contributed by atoms with Crippen LogP contribution in [-0.2, 0) is 14.3 Å². The molecule has 8 nitrogen and oxygen atoms in total. The van der Waals surface area contributed by atoms with Gasteiger partial charge >= 0.3 is 0 Å². The maximum Gasteiger partial charge on any atom is 0.295 e. The van der Waals surface area contributed by atoms with E-state index in [0.717, 1.165) is 0 Å². The first-order chi connectivity index (χ1) is 15.4. The fourth-order valence-corrected chi connectivity index (χ4v) is 3.65. The highest BCUT2D eigenvalue weighted by atomic mass is 16.5. The number of benzene rings is 2. The third-order valence-electron chi connectivity index (χ3n) is 5.11. The Morgan fingerprint density at radius 1 is 1.03 bits per heavy atom. The topological polar surface area (TPSA) is 106 Å². The molecule has 1 atom stereocenters. The normalized spacial score (nSPS) is 17.6. The fraction of sp³-hybridized carbons (Fsp3) is 0.333. The largest absolute Gasteiger partial charge is 0.507 e. The van der Waals surface area contributed by atoms with Crippen molar-refractivity contribution in [3.63, 3.8) is 0 Å². The SMILES string of the molecule is CCOc1ccc(C(O)=C2C(=O)C(=O)N(CCOC)C2c2ccc(O)c(OCC)c2)cc1. The second kappa shape index (κ2) is 10.2. The molecular weight excluding hydrogens is 414 g/mol. The van der Waals surface area contributed by atoms with Crippen LogP contribution in [0.15, 0.2) is 48.0 Å². The lowest BCUT2D eigenvalue weighted by Crippen LogP contribution is -2.32. The molecule has 0 aliphatic carbocycles. The summed E-state index contributed by atoms with van der Waals surface area (Å²) in [5, 5.41) is 21.1. The summed E-state index contributed by atoms with van der Waals surface area (Å²) in [6.07, 6.45) is 0. The van der Waals surface area contributed by atoms with Gasteiger partial charge < -0.3 is 29.3 Å². The van der Waals surface area contributed by atoms with Crippen LogP contribution < -0.4 is 9.47 Å². The number of aliphatic hydroxyl groups excluding tert-OH is 1. The van der Waals surface area contributed by atoms with Gasteiger partial charge in [-0.3, -0.25) is 9.59 Å². The van der Waals surface area contributed by atoms with E-state index in [2.05, 4.69) is 0 Å². The lowest BCUT2D eigenvalue weighted by atomic mass is 9.95. The van der Waals surface area contributed by atoms with Gasteiger partial charge in [0.05, 0.1) is 31.4 Å². The molecule has 170 valence electrons. The van der Waals surface area contributed by atoms with Gasteiger partial charge in [0.2, 0.25) is 0 Å². The number of rotatable bonds is 9. The summed E-state index contributed by atoms with van der Waals surface area (Å²) in [5.74, 6) is -1.02. The summed E-state index contributed by atoms with van der Waals surface area (Å²) < 4.78 is 16.0. The molecule has 0 spiro atoms. The standard InChI is InChI=1S/C24H27NO7/c1-4-31-17-9-6-15(7-10-17)22(27)20-21(25(12-13-30-3)24(29)23(20)28)16-8-11-18(26)19(14-16)32-5-2/h6-11,14,21,26-27H,4-5,12-13H2,1-3H3. The number of Topliss-reactive ketones (excluding diaryl/α,β-unsaturated/α-hetero) is 1. The van der Waals surface area contributed by atoms with Crippen molar-refractivity contribution < 1.29 is 34.0 Å². The zero-order valence-corrected chi connectivity index (χ0v) is 18.3. The maximum atomic E-state index is 13.0. The first kappa shape index (κ1) is 23.1. The molecule has 1 aliphatic heterocycles. The lowest BCUT2D eigenvalue weighted by Gasteiger charge is -2.25. The van der Waals surface area contributed by atoms with E-state index < -0.39 is 17.7 Å². The zero-order chi connectivity index (χ0) is 23.3. The van der Waals surface area contributed by atoms with Crippen molar-refractivity contribution in [1.29, 1.82) is 0 Å². The summed E-state index contributed by atoms with van der Waals surface area (Å²) in [6, 6.07) is 10.4. The lowest BCUT2D eigenvalue weighted by molar-refractivity contribution is -0.140. The summed E-state index contributed by atoms with van der Waals surface area (Å²) in [5.41, 5.74) is 0.865. The third kappa shape index (κ3) is 4.55. The maximum absolute atomic E-state index is 13.0. The number of amides is 1. The van der Waals surface area contributed by atoms with E-state index in [1.54, 1.807) is 43.3 Å². The number of phenolic OH excluding ortho intramolecular Hbond substituents is 1. The monoisotopic (exact) mass is 441 g/mol. The Kier molecular flexibility index (Phi) is 7.37. The van der Waals surface area contributed by atoms with E-state index in [-0.39, 0.29) is 36.0 Å². The van der Waals surface area contributed by atoms with Gasteiger partial charge in [-0.2, -0.15) is 0 Å². The first-order valence-corrected chi connectivity index (χ1v) is 10.4. The van der Waals surface area contributed by atoms with Crippen molar-refractivity contribution in [2.45, 2.75) is 19.9 Å². The Hall–Kier alpha value is -3.52. The highest BCUT2D eigenvalue weighted by Gasteiger charge is 2.46. The molecule has 2 N–H and O–H groups in total. The number of carbonyl (C=O) groups is 2. The van der Waals surface area contributed by atoms with Gasteiger partial charge in [-0.15, -0.1) is 0 Å². The molecule has 1 heterocycles. The highest BCUT2D eigenvalue weighted by molar-refractivity contribution is 6.46. The molecule has 1 fully saturated rings. The van der Waals surface area contributed by atoms with Gasteiger partial charge in [0.25, 0.3) is 11.7 Å². The predicted molar refractivity (Wildman–Crippen MR) is 118 cm³/mol. The minimum Gasteiger partial charge on any atom is -0.507 e. The summed E-state index contributed by atoms with van der Waals surface area (Å²) >= 11 is 0. The molecule has 2 aromatic rings. The molecule has 1 amide bonds. The Bertz CT molecular complexity index is 1010. The van der Waals surface area contributed by atoms with Crippen molar-refractivity contribution in [1.82, 2.24) is 4.90 Å². The van der Waals surface area contributed by atoms with E-state index in [1.807, 2.05) is 6.92 Å². The summed E-state index contributed by atoms with van der Waals surface area (Å²) in [4.78, 5) is 27.2. The van der Waals surface area contributed by atoms with Crippen LogP contribution in [0.5, 0.6) is 17.2 Å². The number of aromatic hydroxyl groups is 1. The molecule has 1 unspecified atom stereocenters. The molecule has 0 aromatic heterocycles. The van der Waals surface area contributed by atoms with Gasteiger partial charge in [0, 0.05) is 19.2 Å². The average Bonchev–Trinajstić information content (AvgIpc) is 3.04. The Labute approximate surface area is 186 Å². The fourth-order valence-electron chi connectivity index (χ4n) is 3.65. The number of aliphatic hydroxyl groups is 1. The van der Waals surface area contributed by atoms with Crippen molar-refractivity contribution in [3.05, 3.63) is 59.2 Å². The van der Waals surface area contributed by atoms with E-state index in [4.69, 9.17) is 14.2 Å². The second-order valence-electron chi connectivity index (χ2n) is 7.10. The number of methoxy groups -OCH3 is 1. The number of hydrogen-bond acceptors (Lipinski definition) is 7. The second-order valence-corrected chi connectivity index (χ2v) is 7.10. The van der Waals surface area contributed by atoms with Crippen LogP contribution in [0, 0.1) is 0 Å². The zero-order valence-electron chi connectivity index (χ0n) is 18.3. The predicted octanol–water partition coefficient (Wildman–Crippen LogP) is 3.26. The van der Waals surface area contributed by atoms with E-state index >= 15 is 0 Å². The number of likely N-dealkylation sites (tertiary alicyclic amines) is 1. The van der Waals surface area contributed by atoms with Gasteiger partial charge in [-0.05, 0) is 55.8 Å². The van der Waals surface area contributed by atoms with E-state index in [9.17, 15) is 19.8 Å². The number of ether oxygens (including phenoxy) is 3. The van der Waals surface area contributed by atoms with Crippen LogP contribution >= 0.6 is 0 Å². The van der Waals surface area contributed by atoms with Crippen LogP contribution in [-0.4, -0.2) is 60.3 Å². The molecular formula is C24H27NO7. The first-order valence-electron chi connectivity index (χ1n) is 10.4. The van der Waals surface area contributed by atoms with Gasteiger partial charge in [0.15, 0.2) is 11.5 Å². The minimum atomic E-state index is -0.864. The third-order valence-corrected chi connectivity index (χ3v) is 5.11. The number of ketones is 1. The van der Waals surface area contributed by atoms with Crippen molar-refractivity contribution in [2.24, 2.45) is 0 Å². The van der Waals surface area contributed by atoms with Crippen LogP contribution in [0.4, 0.5) is 0 Å². The van der Waals surface area contributed by atoms with Crippen molar-refractivity contribution >= 4 is 17.4 Å². The molecule has 0 bridgehead atoms. The quantitative estimate of drug-likeness (QED) is 0.350. The molecule has 2 aromatic carbocycles. The molecule has 1 saturated heterocycles. The molecule has 0 radical (unpaired) electrons. The van der Waals surface area contributed by atoms with Crippen LogP contribution in [0.2, 0.25) is 0 Å². The molecule has 1 aliphatic rings. The van der Waals surface area contributed by atoms with Gasteiger partial charge in [-0.25, -0.2) is 0 Å². The smallest absolute Gasteiger partial charge is 0.295 e. The van der Waals surface area contributed by atoms with Crippen LogP contribution in [0.25, 0.3) is 5.76 Å². The van der Waals surface area contributed by atoms with E-state index in [0.29, 0.717) is 30.1 Å². The molecule has 32 heavy (non-hydrogen) atoms. The van der Waals surface area contributed by atoms with Crippen LogP contribution in [0.1, 0.15) is 31.0 Å². The van der Waals surface area contributed by atoms with Crippen LogP contribution in [0.3, 0.4) is 0 Å². The Morgan fingerprint density at radius 2 is 1.72 bits per heavy atom. The average molecular weight is 441 g/mol. The number of phenols is 1. The summed E-state index contributed by atoms with van der Waals surface area (Å²) in [6.45, 7) is 4.83. The van der Waals surface area contributed by atoms with Crippen molar-refractivity contribution in [2.75, 3.05) is 33.5 Å². The number of carbonyl (C=O) groups excluding carboxylic acids is 2. The summed E-state index contributed by atoms with van der Waals surface area (Å²) in [7, 11) is 1.50. The highest BCUT2D eigenvalue weighted by Crippen LogP contribution is 2.41. The number of nitrogens with zero attached hydrogens (tertiary/aromatic N) is 1. The minimum absolute atomic E-state index is 0.0385. The number of hydrogen-bond donors (Lipinski definition) is 2. The van der Waals surface area contributed by atoms with Crippen molar-refractivity contribution in [3.8, 4) is 17.2 Å². The molecule has 8 heteroatoms. The Morgan fingerprint density at radius 3 is 2.34 bits per heavy atom. The Balaban J connectivity index is 2.13. The van der Waals surface area contributed by atoms with E-state index in [1.165, 1.54) is 18.1 Å². The van der Waals surface area contributed by atoms with Gasteiger partial charge in [0.1, 0.15) is 11.5 Å². The molecule has 0 saturated carbocycles.